The normalized spacial score (nSPS) is 15.0. The fourth-order valence-electron chi connectivity index (χ4n) is 6.23. The molecular formula is C35H37N3O3Si. The lowest BCUT2D eigenvalue weighted by Gasteiger charge is -2.47. The van der Waals surface area contributed by atoms with Crippen LogP contribution >= 0.6 is 0 Å². The van der Waals surface area contributed by atoms with E-state index in [1.165, 1.54) is 10.4 Å². The van der Waals surface area contributed by atoms with Gasteiger partial charge in [-0.25, -0.2) is 9.97 Å². The fourth-order valence-corrected chi connectivity index (χ4v) is 10.9. The van der Waals surface area contributed by atoms with Crippen LogP contribution in [0.1, 0.15) is 37.6 Å². The van der Waals surface area contributed by atoms with Crippen LogP contribution in [0.15, 0.2) is 91.1 Å². The lowest BCUT2D eigenvalue weighted by molar-refractivity contribution is -0.0831. The number of hydrogen-bond donors (Lipinski definition) is 1. The van der Waals surface area contributed by atoms with Gasteiger partial charge in [0.1, 0.15) is 11.3 Å². The van der Waals surface area contributed by atoms with Crippen LogP contribution in [0.5, 0.6) is 5.75 Å². The summed E-state index contributed by atoms with van der Waals surface area (Å²) >= 11 is 0. The standard InChI is InChI=1S/C35H37N3O3Si/c1-24-18-25(2)32(30(39)19-24)28-16-17-29-33(37-28)38-31(20-36-29)35(21-40-22-35)23-41-42(34(3,4)5,26-12-8-6-9-13-26)27-14-10-7-11-15-27/h6-20,39H,21-23H2,1-5H3. The van der Waals surface area contributed by atoms with Crippen LogP contribution in [-0.4, -0.2) is 48.2 Å². The van der Waals surface area contributed by atoms with Gasteiger partial charge in [0.2, 0.25) is 0 Å². The van der Waals surface area contributed by atoms with E-state index in [1.54, 1.807) is 6.07 Å². The Hall–Kier alpha value is -3.91. The average molecular weight is 576 g/mol. The van der Waals surface area contributed by atoms with Gasteiger partial charge in [0.15, 0.2) is 5.65 Å². The van der Waals surface area contributed by atoms with Crippen LogP contribution in [0.4, 0.5) is 0 Å². The maximum atomic E-state index is 10.7. The molecule has 0 spiro atoms. The van der Waals surface area contributed by atoms with E-state index in [2.05, 4.69) is 81.4 Å². The summed E-state index contributed by atoms with van der Waals surface area (Å²) < 4.78 is 13.1. The Morgan fingerprint density at radius 3 is 2.07 bits per heavy atom. The minimum absolute atomic E-state index is 0.138. The molecule has 2 aromatic heterocycles. The zero-order valence-corrected chi connectivity index (χ0v) is 25.9. The highest BCUT2D eigenvalue weighted by Gasteiger charge is 2.53. The van der Waals surface area contributed by atoms with Gasteiger partial charge in [-0.2, -0.15) is 0 Å². The van der Waals surface area contributed by atoms with E-state index >= 15 is 0 Å². The largest absolute Gasteiger partial charge is 0.507 e. The number of aryl methyl sites for hydroxylation is 2. The third kappa shape index (κ3) is 4.81. The Labute approximate surface area is 248 Å². The summed E-state index contributed by atoms with van der Waals surface area (Å²) in [5, 5.41) is 13.1. The third-order valence-corrected chi connectivity index (χ3v) is 13.4. The van der Waals surface area contributed by atoms with Crippen LogP contribution in [0.2, 0.25) is 5.04 Å². The van der Waals surface area contributed by atoms with E-state index in [4.69, 9.17) is 24.1 Å². The lowest BCUT2D eigenvalue weighted by Crippen LogP contribution is -2.68. The van der Waals surface area contributed by atoms with Crippen LogP contribution in [0.3, 0.4) is 0 Å². The van der Waals surface area contributed by atoms with Crippen molar-refractivity contribution >= 4 is 29.9 Å². The lowest BCUT2D eigenvalue weighted by atomic mass is 9.83. The maximum Gasteiger partial charge on any atom is 0.261 e. The molecule has 214 valence electrons. The highest BCUT2D eigenvalue weighted by molar-refractivity contribution is 6.99. The summed E-state index contributed by atoms with van der Waals surface area (Å²) in [6, 6.07) is 29.0. The second kappa shape index (κ2) is 10.7. The minimum atomic E-state index is -2.75. The van der Waals surface area contributed by atoms with Crippen LogP contribution in [-0.2, 0) is 14.6 Å². The fraction of sp³-hybridized carbons (Fsp3) is 0.286. The molecule has 0 aliphatic carbocycles. The molecule has 1 fully saturated rings. The molecule has 42 heavy (non-hydrogen) atoms. The molecule has 0 atom stereocenters. The number of aromatic nitrogens is 3. The molecule has 0 unspecified atom stereocenters. The van der Waals surface area contributed by atoms with Crippen LogP contribution in [0, 0.1) is 13.8 Å². The van der Waals surface area contributed by atoms with Gasteiger partial charge in [-0.05, 0) is 58.6 Å². The van der Waals surface area contributed by atoms with Crippen molar-refractivity contribution in [2.75, 3.05) is 19.8 Å². The summed E-state index contributed by atoms with van der Waals surface area (Å²) in [5.74, 6) is 0.214. The summed E-state index contributed by atoms with van der Waals surface area (Å²) in [6.07, 6.45) is 1.84. The average Bonchev–Trinajstić information content (AvgIpc) is 2.94. The number of hydrogen-bond acceptors (Lipinski definition) is 6. The van der Waals surface area contributed by atoms with Crippen molar-refractivity contribution in [3.63, 3.8) is 0 Å². The molecule has 0 saturated carbocycles. The Morgan fingerprint density at radius 1 is 0.881 bits per heavy atom. The molecule has 1 N–H and O–H groups in total. The molecule has 1 aliphatic rings. The predicted molar refractivity (Wildman–Crippen MR) is 170 cm³/mol. The van der Waals surface area contributed by atoms with Gasteiger partial charge in [0.05, 0.1) is 42.8 Å². The molecule has 3 heterocycles. The third-order valence-electron chi connectivity index (χ3n) is 8.40. The predicted octanol–water partition coefficient (Wildman–Crippen LogP) is 5.86. The van der Waals surface area contributed by atoms with Gasteiger partial charge >= 0.3 is 0 Å². The zero-order chi connectivity index (χ0) is 29.5. The molecular weight excluding hydrogens is 538 g/mol. The molecule has 6 nitrogen and oxygen atoms in total. The number of pyridine rings is 1. The van der Waals surface area contributed by atoms with Crippen molar-refractivity contribution in [1.29, 1.82) is 0 Å². The van der Waals surface area contributed by atoms with Gasteiger partial charge in [-0.3, -0.25) is 4.98 Å². The minimum Gasteiger partial charge on any atom is -0.507 e. The summed E-state index contributed by atoms with van der Waals surface area (Å²) in [5.41, 5.74) is 4.98. The zero-order valence-electron chi connectivity index (χ0n) is 24.9. The first kappa shape index (κ1) is 28.2. The summed E-state index contributed by atoms with van der Waals surface area (Å²) in [6.45, 7) is 12.3. The van der Waals surface area contributed by atoms with Gasteiger partial charge in [0.25, 0.3) is 8.32 Å². The quantitative estimate of drug-likeness (QED) is 0.245. The number of phenols is 1. The molecule has 1 aliphatic heterocycles. The van der Waals surface area contributed by atoms with Crippen LogP contribution < -0.4 is 10.4 Å². The molecule has 6 rings (SSSR count). The highest BCUT2D eigenvalue weighted by atomic mass is 28.4. The smallest absolute Gasteiger partial charge is 0.261 e. The molecule has 3 aromatic carbocycles. The van der Waals surface area contributed by atoms with E-state index in [0.717, 1.165) is 16.8 Å². The molecule has 0 bridgehead atoms. The highest BCUT2D eigenvalue weighted by Crippen LogP contribution is 2.40. The first-order valence-corrected chi connectivity index (χ1v) is 16.3. The second-order valence-electron chi connectivity index (χ2n) is 12.5. The van der Waals surface area contributed by atoms with Gasteiger partial charge in [-0.15, -0.1) is 0 Å². The number of nitrogens with zero attached hydrogens (tertiary/aromatic N) is 3. The molecule has 0 amide bonds. The summed E-state index contributed by atoms with van der Waals surface area (Å²) in [7, 11) is -2.75. The number of fused-ring (bicyclic) bond motifs is 1. The number of benzene rings is 3. The van der Waals surface area contributed by atoms with Crippen molar-refractivity contribution in [3.05, 3.63) is 108 Å². The SMILES string of the molecule is Cc1cc(C)c(-c2ccc3ncc(C4(CO[Si](c5ccccc5)(c5ccccc5)C(C)(C)C)COC4)nc3n2)c(O)c1. The van der Waals surface area contributed by atoms with Gasteiger partial charge in [-0.1, -0.05) is 87.5 Å². The van der Waals surface area contributed by atoms with Gasteiger partial charge < -0.3 is 14.3 Å². The van der Waals surface area contributed by atoms with E-state index in [9.17, 15) is 5.11 Å². The number of phenolic OH excluding ortho intramolecular Hbond substituents is 1. The second-order valence-corrected chi connectivity index (χ2v) is 16.8. The van der Waals surface area contributed by atoms with E-state index in [1.807, 2.05) is 38.2 Å². The molecule has 5 aromatic rings. The molecule has 1 saturated heterocycles. The Bertz CT molecular complexity index is 1670. The van der Waals surface area contributed by atoms with Crippen molar-refractivity contribution in [3.8, 4) is 17.0 Å². The Kier molecular flexibility index (Phi) is 7.21. The van der Waals surface area contributed by atoms with Gasteiger partial charge in [0, 0.05) is 5.56 Å². The Morgan fingerprint density at radius 2 is 1.52 bits per heavy atom. The summed E-state index contributed by atoms with van der Waals surface area (Å²) in [4.78, 5) is 14.7. The first-order valence-electron chi connectivity index (χ1n) is 14.4. The first-order chi connectivity index (χ1) is 20.1. The maximum absolute atomic E-state index is 10.7. The molecule has 7 heteroatoms. The monoisotopic (exact) mass is 575 g/mol. The van der Waals surface area contributed by atoms with E-state index in [0.29, 0.717) is 42.2 Å². The number of ether oxygens (including phenoxy) is 1. The van der Waals surface area contributed by atoms with Crippen molar-refractivity contribution in [2.24, 2.45) is 0 Å². The topological polar surface area (TPSA) is 77.4 Å². The number of aromatic hydroxyl groups is 1. The molecule has 0 radical (unpaired) electrons. The van der Waals surface area contributed by atoms with Crippen LogP contribution in [0.25, 0.3) is 22.4 Å². The van der Waals surface area contributed by atoms with Crippen molar-refractivity contribution in [1.82, 2.24) is 15.0 Å². The van der Waals surface area contributed by atoms with Crippen molar-refractivity contribution < 1.29 is 14.3 Å². The number of rotatable bonds is 7. The van der Waals surface area contributed by atoms with Crippen molar-refractivity contribution in [2.45, 2.75) is 45.1 Å². The van der Waals surface area contributed by atoms with E-state index < -0.39 is 13.7 Å². The Balaban J connectivity index is 1.41. The van der Waals surface area contributed by atoms with E-state index in [-0.39, 0.29) is 10.8 Å².